The molecule has 2 heterocycles. The smallest absolute Gasteiger partial charge is 0.224 e. The summed E-state index contributed by atoms with van der Waals surface area (Å²) in [5.74, 6) is 0.158. The van der Waals surface area contributed by atoms with E-state index in [4.69, 9.17) is 0 Å². The standard InChI is InChI=1S/C12H22N6O/c1-16(8-9-17-6-3-13-4-7-17)12(19)2-5-18-11-14-10-15-18/h10-11,13H,2-9H2,1H3. The molecule has 0 unspecified atom stereocenters. The summed E-state index contributed by atoms with van der Waals surface area (Å²) in [7, 11) is 1.87. The molecule has 19 heavy (non-hydrogen) atoms. The molecular formula is C12H22N6O. The summed E-state index contributed by atoms with van der Waals surface area (Å²) in [6, 6.07) is 0. The van der Waals surface area contributed by atoms with Crippen molar-refractivity contribution in [3.8, 4) is 0 Å². The molecule has 0 aromatic carbocycles. The van der Waals surface area contributed by atoms with Crippen LogP contribution in [0.3, 0.4) is 0 Å². The fourth-order valence-corrected chi connectivity index (χ4v) is 2.10. The predicted octanol–water partition coefficient (Wildman–Crippen LogP) is -0.968. The fraction of sp³-hybridized carbons (Fsp3) is 0.750. The van der Waals surface area contributed by atoms with Gasteiger partial charge in [-0.3, -0.25) is 14.4 Å². The molecule has 7 nitrogen and oxygen atoms in total. The minimum Gasteiger partial charge on any atom is -0.344 e. The van der Waals surface area contributed by atoms with E-state index in [2.05, 4.69) is 20.3 Å². The zero-order valence-electron chi connectivity index (χ0n) is 11.5. The van der Waals surface area contributed by atoms with Gasteiger partial charge in [0, 0.05) is 52.7 Å². The summed E-state index contributed by atoms with van der Waals surface area (Å²) in [6.45, 7) is 6.57. The molecule has 0 saturated carbocycles. The number of rotatable bonds is 6. The zero-order valence-corrected chi connectivity index (χ0v) is 11.5. The number of likely N-dealkylation sites (N-methyl/N-ethyl adjacent to an activating group) is 1. The van der Waals surface area contributed by atoms with E-state index in [1.165, 1.54) is 6.33 Å². The number of hydrogen-bond donors (Lipinski definition) is 1. The number of amides is 1. The van der Waals surface area contributed by atoms with Crippen molar-refractivity contribution in [1.29, 1.82) is 0 Å². The van der Waals surface area contributed by atoms with Crippen molar-refractivity contribution in [2.45, 2.75) is 13.0 Å². The van der Waals surface area contributed by atoms with Gasteiger partial charge in [0.05, 0.1) is 6.54 Å². The van der Waals surface area contributed by atoms with Gasteiger partial charge in [-0.2, -0.15) is 5.10 Å². The quantitative estimate of drug-likeness (QED) is 0.718. The minimum absolute atomic E-state index is 0.158. The first-order valence-corrected chi connectivity index (χ1v) is 6.75. The molecule has 0 spiro atoms. The minimum atomic E-state index is 0.158. The van der Waals surface area contributed by atoms with Crippen LogP contribution >= 0.6 is 0 Å². The summed E-state index contributed by atoms with van der Waals surface area (Å²) in [6.07, 6.45) is 3.59. The maximum absolute atomic E-state index is 11.9. The number of carbonyl (C=O) groups excluding carboxylic acids is 1. The van der Waals surface area contributed by atoms with E-state index in [0.29, 0.717) is 13.0 Å². The van der Waals surface area contributed by atoms with Crippen LogP contribution in [0.25, 0.3) is 0 Å². The Balaban J connectivity index is 1.64. The summed E-state index contributed by atoms with van der Waals surface area (Å²) in [4.78, 5) is 20.0. The lowest BCUT2D eigenvalue weighted by molar-refractivity contribution is -0.130. The van der Waals surface area contributed by atoms with Gasteiger partial charge in [-0.05, 0) is 0 Å². The number of nitrogens with one attached hydrogen (secondary N) is 1. The molecule has 0 bridgehead atoms. The average molecular weight is 266 g/mol. The van der Waals surface area contributed by atoms with Crippen LogP contribution in [0.15, 0.2) is 12.7 Å². The molecule has 1 fully saturated rings. The number of aromatic nitrogens is 3. The van der Waals surface area contributed by atoms with Gasteiger partial charge in [0.15, 0.2) is 0 Å². The van der Waals surface area contributed by atoms with Crippen LogP contribution in [0.1, 0.15) is 6.42 Å². The molecule has 1 aromatic rings. The lowest BCUT2D eigenvalue weighted by atomic mass is 10.3. The third-order valence-electron chi connectivity index (χ3n) is 3.41. The number of nitrogens with zero attached hydrogens (tertiary/aromatic N) is 5. The third kappa shape index (κ3) is 4.60. The number of hydrogen-bond acceptors (Lipinski definition) is 5. The van der Waals surface area contributed by atoms with Crippen molar-refractivity contribution >= 4 is 5.91 Å². The number of carbonyl (C=O) groups is 1. The van der Waals surface area contributed by atoms with Gasteiger partial charge >= 0.3 is 0 Å². The van der Waals surface area contributed by atoms with Gasteiger partial charge in [-0.25, -0.2) is 4.98 Å². The van der Waals surface area contributed by atoms with Crippen molar-refractivity contribution in [2.75, 3.05) is 46.3 Å². The first kappa shape index (κ1) is 14.0. The molecule has 1 aliphatic heterocycles. The molecular weight excluding hydrogens is 244 g/mol. The van der Waals surface area contributed by atoms with Gasteiger partial charge in [0.1, 0.15) is 12.7 Å². The number of piperazine rings is 1. The van der Waals surface area contributed by atoms with Crippen molar-refractivity contribution in [3.63, 3.8) is 0 Å². The van der Waals surface area contributed by atoms with Gasteiger partial charge in [-0.15, -0.1) is 0 Å². The second-order valence-electron chi connectivity index (χ2n) is 4.82. The predicted molar refractivity (Wildman–Crippen MR) is 71.6 cm³/mol. The summed E-state index contributed by atoms with van der Waals surface area (Å²) in [5.41, 5.74) is 0. The topological polar surface area (TPSA) is 66.3 Å². The van der Waals surface area contributed by atoms with Crippen LogP contribution in [-0.4, -0.2) is 76.8 Å². The van der Waals surface area contributed by atoms with Crippen molar-refractivity contribution in [2.24, 2.45) is 0 Å². The highest BCUT2D eigenvalue weighted by molar-refractivity contribution is 5.75. The average Bonchev–Trinajstić information content (AvgIpc) is 2.96. The van der Waals surface area contributed by atoms with Crippen LogP contribution in [0.5, 0.6) is 0 Å². The Hall–Kier alpha value is -1.47. The molecule has 1 aromatic heterocycles. The molecule has 2 rings (SSSR count). The summed E-state index contributed by atoms with van der Waals surface area (Å²) in [5, 5.41) is 7.31. The Morgan fingerprint density at radius 2 is 2.16 bits per heavy atom. The molecule has 0 atom stereocenters. The summed E-state index contributed by atoms with van der Waals surface area (Å²) >= 11 is 0. The molecule has 1 saturated heterocycles. The van der Waals surface area contributed by atoms with Crippen LogP contribution in [-0.2, 0) is 11.3 Å². The highest BCUT2D eigenvalue weighted by Gasteiger charge is 2.13. The lowest BCUT2D eigenvalue weighted by Crippen LogP contribution is -2.46. The maximum Gasteiger partial charge on any atom is 0.224 e. The Morgan fingerprint density at radius 3 is 2.84 bits per heavy atom. The molecule has 1 N–H and O–H groups in total. The first-order valence-electron chi connectivity index (χ1n) is 6.75. The van der Waals surface area contributed by atoms with Crippen molar-refractivity contribution in [3.05, 3.63) is 12.7 Å². The van der Waals surface area contributed by atoms with Crippen LogP contribution < -0.4 is 5.32 Å². The molecule has 0 aliphatic carbocycles. The molecule has 1 aliphatic rings. The normalized spacial score (nSPS) is 16.5. The highest BCUT2D eigenvalue weighted by Crippen LogP contribution is 1.97. The monoisotopic (exact) mass is 266 g/mol. The van der Waals surface area contributed by atoms with Gasteiger partial charge in [0.25, 0.3) is 0 Å². The Kier molecular flexibility index (Phi) is 5.29. The highest BCUT2D eigenvalue weighted by atomic mass is 16.2. The molecule has 106 valence electrons. The van der Waals surface area contributed by atoms with E-state index < -0.39 is 0 Å². The van der Waals surface area contributed by atoms with E-state index in [1.807, 2.05) is 7.05 Å². The van der Waals surface area contributed by atoms with Crippen LogP contribution in [0.2, 0.25) is 0 Å². The Labute approximate surface area is 113 Å². The summed E-state index contributed by atoms with van der Waals surface area (Å²) < 4.78 is 1.68. The zero-order chi connectivity index (χ0) is 13.5. The maximum atomic E-state index is 11.9. The van der Waals surface area contributed by atoms with E-state index >= 15 is 0 Å². The third-order valence-corrected chi connectivity index (χ3v) is 3.41. The van der Waals surface area contributed by atoms with Crippen LogP contribution in [0.4, 0.5) is 0 Å². The van der Waals surface area contributed by atoms with Gasteiger partial charge in [0.2, 0.25) is 5.91 Å². The fourth-order valence-electron chi connectivity index (χ4n) is 2.10. The van der Waals surface area contributed by atoms with Crippen LogP contribution in [0, 0.1) is 0 Å². The van der Waals surface area contributed by atoms with Crippen molar-refractivity contribution < 1.29 is 4.79 Å². The number of aryl methyl sites for hydroxylation is 1. The first-order chi connectivity index (χ1) is 9.25. The van der Waals surface area contributed by atoms with E-state index in [0.717, 1.165) is 39.3 Å². The Morgan fingerprint density at radius 1 is 1.37 bits per heavy atom. The van der Waals surface area contributed by atoms with E-state index in [-0.39, 0.29) is 5.91 Å². The molecule has 0 radical (unpaired) electrons. The van der Waals surface area contributed by atoms with E-state index in [1.54, 1.807) is 15.9 Å². The second-order valence-corrected chi connectivity index (χ2v) is 4.82. The Bertz CT molecular complexity index is 374. The lowest BCUT2D eigenvalue weighted by Gasteiger charge is -2.29. The second kappa shape index (κ2) is 7.20. The molecule has 7 heteroatoms. The van der Waals surface area contributed by atoms with Gasteiger partial charge in [-0.1, -0.05) is 0 Å². The van der Waals surface area contributed by atoms with Gasteiger partial charge < -0.3 is 10.2 Å². The van der Waals surface area contributed by atoms with E-state index in [9.17, 15) is 4.79 Å². The largest absolute Gasteiger partial charge is 0.344 e. The SMILES string of the molecule is CN(CCN1CCNCC1)C(=O)CCn1cncn1. The van der Waals surface area contributed by atoms with Crippen molar-refractivity contribution in [1.82, 2.24) is 29.9 Å². The molecule has 1 amide bonds.